The van der Waals surface area contributed by atoms with E-state index in [0.717, 1.165) is 18.4 Å². The predicted octanol–water partition coefficient (Wildman–Crippen LogP) is 2.42. The first-order chi connectivity index (χ1) is 12.1. The van der Waals surface area contributed by atoms with Crippen molar-refractivity contribution in [2.45, 2.75) is 32.7 Å². The first kappa shape index (κ1) is 17.3. The molecule has 3 rings (SSSR count). The second-order valence-electron chi connectivity index (χ2n) is 6.04. The topological polar surface area (TPSA) is 65.1 Å². The zero-order valence-electron chi connectivity index (χ0n) is 14.6. The van der Waals surface area contributed by atoms with Gasteiger partial charge in [0.1, 0.15) is 13.2 Å². The molecule has 0 aromatic heterocycles. The van der Waals surface area contributed by atoms with E-state index in [1.807, 2.05) is 31.2 Å². The van der Waals surface area contributed by atoms with Crippen molar-refractivity contribution >= 4 is 18.0 Å². The maximum atomic E-state index is 12.9. The van der Waals surface area contributed by atoms with Gasteiger partial charge in [0, 0.05) is 11.6 Å². The lowest BCUT2D eigenvalue weighted by Gasteiger charge is -2.25. The van der Waals surface area contributed by atoms with Crippen LogP contribution in [0.3, 0.4) is 0 Å². The first-order valence-corrected chi connectivity index (χ1v) is 8.69. The number of amides is 1. The van der Waals surface area contributed by atoms with Crippen molar-refractivity contribution in [1.82, 2.24) is 4.90 Å². The van der Waals surface area contributed by atoms with Crippen LogP contribution in [0.4, 0.5) is 0 Å². The molecule has 134 valence electrons. The van der Waals surface area contributed by atoms with Gasteiger partial charge in [-0.25, -0.2) is 0 Å². The van der Waals surface area contributed by atoms with E-state index < -0.39 is 0 Å². The van der Waals surface area contributed by atoms with E-state index in [1.165, 1.54) is 0 Å². The van der Waals surface area contributed by atoms with Crippen molar-refractivity contribution in [3.05, 3.63) is 29.3 Å². The highest BCUT2D eigenvalue weighted by molar-refractivity contribution is 6.00. The molecule has 0 spiro atoms. The molecule has 25 heavy (non-hydrogen) atoms. The Balaban J connectivity index is 1.79. The van der Waals surface area contributed by atoms with Gasteiger partial charge in [-0.2, -0.15) is 0 Å². The fraction of sp³-hybridized carbons (Fsp3) is 0.474. The second-order valence-corrected chi connectivity index (χ2v) is 6.04. The van der Waals surface area contributed by atoms with Crippen molar-refractivity contribution in [2.24, 2.45) is 0 Å². The summed E-state index contributed by atoms with van der Waals surface area (Å²) < 4.78 is 16.3. The van der Waals surface area contributed by atoms with Crippen LogP contribution in [0, 0.1) is 0 Å². The number of para-hydroxylation sites is 1. The Morgan fingerprint density at radius 2 is 2.04 bits per heavy atom. The lowest BCUT2D eigenvalue weighted by molar-refractivity contribution is -0.148. The molecule has 1 saturated carbocycles. The number of carbonyl (C=O) groups excluding carboxylic acids is 2. The fourth-order valence-electron chi connectivity index (χ4n) is 2.86. The molecule has 2 aliphatic rings. The first-order valence-electron chi connectivity index (χ1n) is 8.69. The Morgan fingerprint density at radius 3 is 2.72 bits per heavy atom. The van der Waals surface area contributed by atoms with E-state index in [9.17, 15) is 9.59 Å². The number of rotatable bonds is 7. The number of benzene rings is 1. The standard InChI is InChI=1S/C19H23NO5/c1-3-23-16-7-5-6-13-10-14(12-25-18(13)16)19(22)20(15-8-9-15)11-17(21)24-4-2/h5-7,10,15H,3-4,8-9,11-12H2,1-2H3. The van der Waals surface area contributed by atoms with Crippen LogP contribution in [-0.2, 0) is 14.3 Å². The van der Waals surface area contributed by atoms with Crippen LogP contribution in [0.1, 0.15) is 32.3 Å². The minimum Gasteiger partial charge on any atom is -0.490 e. The number of fused-ring (bicyclic) bond motifs is 1. The Kier molecular flexibility index (Phi) is 5.26. The molecule has 1 amide bonds. The summed E-state index contributed by atoms with van der Waals surface area (Å²) in [5, 5.41) is 0. The van der Waals surface area contributed by atoms with Crippen LogP contribution in [-0.4, -0.2) is 49.2 Å². The van der Waals surface area contributed by atoms with Crippen molar-refractivity contribution < 1.29 is 23.8 Å². The SMILES string of the molecule is CCOC(=O)CN(C(=O)C1=Cc2cccc(OCC)c2OC1)C1CC1. The van der Waals surface area contributed by atoms with E-state index >= 15 is 0 Å². The van der Waals surface area contributed by atoms with Gasteiger partial charge in [-0.3, -0.25) is 9.59 Å². The maximum absolute atomic E-state index is 12.9. The van der Waals surface area contributed by atoms with E-state index in [0.29, 0.717) is 30.3 Å². The van der Waals surface area contributed by atoms with Gasteiger partial charge in [-0.05, 0) is 38.8 Å². The van der Waals surface area contributed by atoms with Crippen molar-refractivity contribution in [2.75, 3.05) is 26.4 Å². The summed E-state index contributed by atoms with van der Waals surface area (Å²) in [4.78, 5) is 26.3. The van der Waals surface area contributed by atoms with Crippen molar-refractivity contribution in [3.63, 3.8) is 0 Å². The fourth-order valence-corrected chi connectivity index (χ4v) is 2.86. The highest BCUT2D eigenvalue weighted by Crippen LogP contribution is 2.37. The second kappa shape index (κ2) is 7.59. The molecule has 6 nitrogen and oxygen atoms in total. The maximum Gasteiger partial charge on any atom is 0.325 e. The van der Waals surface area contributed by atoms with Gasteiger partial charge in [0.15, 0.2) is 11.5 Å². The average molecular weight is 345 g/mol. The third-order valence-corrected chi connectivity index (χ3v) is 4.14. The summed E-state index contributed by atoms with van der Waals surface area (Å²) in [5.74, 6) is 0.791. The van der Waals surface area contributed by atoms with E-state index in [-0.39, 0.29) is 31.1 Å². The summed E-state index contributed by atoms with van der Waals surface area (Å²) in [5.41, 5.74) is 1.35. The molecule has 1 heterocycles. The lowest BCUT2D eigenvalue weighted by Crippen LogP contribution is -2.40. The van der Waals surface area contributed by atoms with Crippen molar-refractivity contribution in [3.8, 4) is 11.5 Å². The van der Waals surface area contributed by atoms with Crippen LogP contribution in [0.15, 0.2) is 23.8 Å². The van der Waals surface area contributed by atoms with Crippen LogP contribution in [0.5, 0.6) is 11.5 Å². The van der Waals surface area contributed by atoms with E-state index in [1.54, 1.807) is 11.8 Å². The molecule has 0 unspecified atom stereocenters. The Hall–Kier alpha value is -2.50. The van der Waals surface area contributed by atoms with Gasteiger partial charge in [0.25, 0.3) is 5.91 Å². The van der Waals surface area contributed by atoms with Gasteiger partial charge in [0.2, 0.25) is 0 Å². The van der Waals surface area contributed by atoms with Gasteiger partial charge in [0.05, 0.1) is 18.8 Å². The minimum absolute atomic E-state index is 0.0134. The zero-order chi connectivity index (χ0) is 17.8. The molecule has 0 saturated heterocycles. The normalized spacial score (nSPS) is 15.5. The summed E-state index contributed by atoms with van der Waals surface area (Å²) in [6.45, 7) is 4.68. The van der Waals surface area contributed by atoms with E-state index in [4.69, 9.17) is 14.2 Å². The third-order valence-electron chi connectivity index (χ3n) is 4.14. The highest BCUT2D eigenvalue weighted by atomic mass is 16.5. The quantitative estimate of drug-likeness (QED) is 0.710. The number of esters is 1. The third kappa shape index (κ3) is 3.95. The van der Waals surface area contributed by atoms with Crippen LogP contribution < -0.4 is 9.47 Å². The monoisotopic (exact) mass is 345 g/mol. The molecule has 6 heteroatoms. The summed E-state index contributed by atoms with van der Waals surface area (Å²) in [6, 6.07) is 5.72. The highest BCUT2D eigenvalue weighted by Gasteiger charge is 2.36. The number of nitrogens with zero attached hydrogens (tertiary/aromatic N) is 1. The molecular weight excluding hydrogens is 322 g/mol. The van der Waals surface area contributed by atoms with Gasteiger partial charge in [-0.15, -0.1) is 0 Å². The molecular formula is C19H23NO5. The molecule has 1 aliphatic carbocycles. The molecule has 0 atom stereocenters. The average Bonchev–Trinajstić information content (AvgIpc) is 3.44. The summed E-state index contributed by atoms with van der Waals surface area (Å²) in [6.07, 6.45) is 3.67. The van der Waals surface area contributed by atoms with Crippen molar-refractivity contribution in [1.29, 1.82) is 0 Å². The Morgan fingerprint density at radius 1 is 1.24 bits per heavy atom. The Labute approximate surface area is 147 Å². The number of carbonyl (C=O) groups is 2. The lowest BCUT2D eigenvalue weighted by atomic mass is 10.1. The summed E-state index contributed by atoms with van der Waals surface area (Å²) in [7, 11) is 0. The molecule has 0 radical (unpaired) electrons. The van der Waals surface area contributed by atoms with Crippen LogP contribution in [0.2, 0.25) is 0 Å². The number of hydrogen-bond acceptors (Lipinski definition) is 5. The van der Waals surface area contributed by atoms with Crippen LogP contribution in [0.25, 0.3) is 6.08 Å². The zero-order valence-corrected chi connectivity index (χ0v) is 14.6. The molecule has 1 aromatic rings. The number of hydrogen-bond donors (Lipinski definition) is 0. The summed E-state index contributed by atoms with van der Waals surface area (Å²) >= 11 is 0. The molecule has 1 aliphatic heterocycles. The Bertz CT molecular complexity index is 693. The van der Waals surface area contributed by atoms with Gasteiger partial charge in [-0.1, -0.05) is 12.1 Å². The van der Waals surface area contributed by atoms with E-state index in [2.05, 4.69) is 0 Å². The molecule has 0 N–H and O–H groups in total. The molecule has 1 fully saturated rings. The van der Waals surface area contributed by atoms with Crippen LogP contribution >= 0.6 is 0 Å². The van der Waals surface area contributed by atoms with Gasteiger partial charge >= 0.3 is 5.97 Å². The smallest absolute Gasteiger partial charge is 0.325 e. The largest absolute Gasteiger partial charge is 0.490 e. The van der Waals surface area contributed by atoms with Gasteiger partial charge < -0.3 is 19.1 Å². The number of ether oxygens (including phenoxy) is 3. The minimum atomic E-state index is -0.376. The molecule has 0 bridgehead atoms. The predicted molar refractivity (Wildman–Crippen MR) is 92.5 cm³/mol. The molecule has 1 aromatic carbocycles.